The largest absolute Gasteiger partial charge is 0.382 e. The van der Waals surface area contributed by atoms with Gasteiger partial charge in [0.25, 0.3) is 0 Å². The first kappa shape index (κ1) is 20.1. The second kappa shape index (κ2) is 9.07. The zero-order valence-corrected chi connectivity index (χ0v) is 17.0. The van der Waals surface area contributed by atoms with Crippen LogP contribution in [0.25, 0.3) is 5.69 Å². The number of carbonyl (C=O) groups excluding carboxylic acids is 1. The van der Waals surface area contributed by atoms with E-state index in [9.17, 15) is 9.18 Å². The SMILES string of the molecule is CCC(=O)N(c1cn(-c2ccc(F)cc2)nn1)C1CCC(Nc2ccccc2)CC1. The van der Waals surface area contributed by atoms with Gasteiger partial charge in [-0.3, -0.25) is 9.69 Å². The van der Waals surface area contributed by atoms with Crippen LogP contribution < -0.4 is 10.2 Å². The third-order valence-electron chi connectivity index (χ3n) is 5.60. The summed E-state index contributed by atoms with van der Waals surface area (Å²) < 4.78 is 14.8. The normalized spacial score (nSPS) is 18.7. The van der Waals surface area contributed by atoms with Crippen LogP contribution in [0.4, 0.5) is 15.9 Å². The number of rotatable bonds is 6. The van der Waals surface area contributed by atoms with Gasteiger partial charge in [0, 0.05) is 24.2 Å². The molecule has 156 valence electrons. The second-order valence-electron chi connectivity index (χ2n) is 7.63. The maximum absolute atomic E-state index is 13.2. The Balaban J connectivity index is 1.46. The summed E-state index contributed by atoms with van der Waals surface area (Å²) in [4.78, 5) is 14.6. The van der Waals surface area contributed by atoms with Gasteiger partial charge in [0.05, 0.1) is 11.9 Å². The van der Waals surface area contributed by atoms with Crippen LogP contribution in [0.5, 0.6) is 0 Å². The highest BCUT2D eigenvalue weighted by Gasteiger charge is 2.31. The monoisotopic (exact) mass is 407 g/mol. The van der Waals surface area contributed by atoms with Crippen LogP contribution in [0.2, 0.25) is 0 Å². The van der Waals surface area contributed by atoms with Gasteiger partial charge in [0.2, 0.25) is 5.91 Å². The van der Waals surface area contributed by atoms with E-state index in [1.807, 2.05) is 25.1 Å². The summed E-state index contributed by atoms with van der Waals surface area (Å²) in [6.07, 6.45) is 5.93. The fourth-order valence-electron chi connectivity index (χ4n) is 4.02. The molecule has 0 radical (unpaired) electrons. The Labute approximate surface area is 175 Å². The van der Waals surface area contributed by atoms with Crippen LogP contribution in [0, 0.1) is 5.82 Å². The van der Waals surface area contributed by atoms with Crippen molar-refractivity contribution in [3.05, 3.63) is 66.6 Å². The van der Waals surface area contributed by atoms with Gasteiger partial charge in [-0.1, -0.05) is 30.3 Å². The molecule has 7 heteroatoms. The number of carbonyl (C=O) groups is 1. The average molecular weight is 407 g/mol. The second-order valence-corrected chi connectivity index (χ2v) is 7.63. The van der Waals surface area contributed by atoms with Gasteiger partial charge in [-0.2, -0.15) is 0 Å². The van der Waals surface area contributed by atoms with E-state index in [1.54, 1.807) is 27.9 Å². The van der Waals surface area contributed by atoms with E-state index in [0.717, 1.165) is 31.4 Å². The molecule has 1 aromatic heterocycles. The summed E-state index contributed by atoms with van der Waals surface area (Å²) in [5, 5.41) is 12.0. The summed E-state index contributed by atoms with van der Waals surface area (Å²) >= 11 is 0. The summed E-state index contributed by atoms with van der Waals surface area (Å²) in [7, 11) is 0. The molecule has 0 bridgehead atoms. The van der Waals surface area contributed by atoms with Crippen LogP contribution in [0.3, 0.4) is 0 Å². The minimum absolute atomic E-state index is 0.0422. The maximum atomic E-state index is 13.2. The minimum Gasteiger partial charge on any atom is -0.382 e. The maximum Gasteiger partial charge on any atom is 0.228 e. The zero-order chi connectivity index (χ0) is 20.9. The first-order valence-electron chi connectivity index (χ1n) is 10.5. The minimum atomic E-state index is -0.303. The lowest BCUT2D eigenvalue weighted by atomic mass is 9.89. The smallest absolute Gasteiger partial charge is 0.228 e. The number of nitrogens with zero attached hydrogens (tertiary/aromatic N) is 4. The molecule has 0 saturated heterocycles. The van der Waals surface area contributed by atoms with Crippen LogP contribution >= 0.6 is 0 Å². The standard InChI is InChI=1S/C23H26FN5O/c1-2-23(30)29(22-16-28(27-26-22)20-12-8-17(24)9-13-20)21-14-10-19(11-15-21)25-18-6-4-3-5-7-18/h3-9,12-13,16,19,21,25H,2,10-11,14-15H2,1H3. The van der Waals surface area contributed by atoms with E-state index in [4.69, 9.17) is 0 Å². The summed E-state index contributed by atoms with van der Waals surface area (Å²) in [5.74, 6) is 0.286. The lowest BCUT2D eigenvalue weighted by molar-refractivity contribution is -0.119. The molecule has 30 heavy (non-hydrogen) atoms. The predicted molar refractivity (Wildman–Crippen MR) is 115 cm³/mol. The zero-order valence-electron chi connectivity index (χ0n) is 17.0. The van der Waals surface area contributed by atoms with E-state index >= 15 is 0 Å². The first-order chi connectivity index (χ1) is 14.6. The van der Waals surface area contributed by atoms with Crippen molar-refractivity contribution in [2.24, 2.45) is 0 Å². The van der Waals surface area contributed by atoms with E-state index in [1.165, 1.54) is 12.1 Å². The van der Waals surface area contributed by atoms with E-state index in [2.05, 4.69) is 27.8 Å². The number of para-hydroxylation sites is 1. The molecule has 1 aliphatic carbocycles. The predicted octanol–water partition coefficient (Wildman–Crippen LogP) is 4.57. The van der Waals surface area contributed by atoms with Crippen LogP contribution in [0.15, 0.2) is 60.8 Å². The molecule has 1 aliphatic rings. The van der Waals surface area contributed by atoms with Gasteiger partial charge in [0.1, 0.15) is 5.82 Å². The van der Waals surface area contributed by atoms with Gasteiger partial charge in [-0.25, -0.2) is 9.07 Å². The molecule has 0 atom stereocenters. The Bertz CT molecular complexity index is 965. The number of benzene rings is 2. The lowest BCUT2D eigenvalue weighted by Crippen LogP contribution is -2.44. The third kappa shape index (κ3) is 4.50. The van der Waals surface area contributed by atoms with Gasteiger partial charge in [-0.05, 0) is 62.1 Å². The molecule has 4 rings (SSSR count). The van der Waals surface area contributed by atoms with Crippen molar-refractivity contribution in [3.63, 3.8) is 0 Å². The molecule has 0 spiro atoms. The van der Waals surface area contributed by atoms with Crippen molar-refractivity contribution in [1.29, 1.82) is 0 Å². The number of hydrogen-bond donors (Lipinski definition) is 1. The number of hydrogen-bond acceptors (Lipinski definition) is 4. The molecular weight excluding hydrogens is 381 g/mol. The summed E-state index contributed by atoms with van der Waals surface area (Å²) in [6.45, 7) is 1.86. The lowest BCUT2D eigenvalue weighted by Gasteiger charge is -2.36. The van der Waals surface area contributed by atoms with E-state index < -0.39 is 0 Å². The molecule has 1 N–H and O–H groups in total. The Morgan fingerprint density at radius 2 is 1.80 bits per heavy atom. The van der Waals surface area contributed by atoms with Gasteiger partial charge in [0.15, 0.2) is 5.82 Å². The number of halogens is 1. The summed E-state index contributed by atoms with van der Waals surface area (Å²) in [6, 6.07) is 16.8. The molecule has 1 fully saturated rings. The fraction of sp³-hybridized carbons (Fsp3) is 0.348. The number of anilines is 2. The third-order valence-corrected chi connectivity index (χ3v) is 5.60. The molecule has 6 nitrogen and oxygen atoms in total. The van der Waals surface area contributed by atoms with Crippen molar-refractivity contribution in [1.82, 2.24) is 15.0 Å². The highest BCUT2D eigenvalue weighted by atomic mass is 19.1. The van der Waals surface area contributed by atoms with Crippen molar-refractivity contribution in [2.75, 3.05) is 10.2 Å². The fourth-order valence-corrected chi connectivity index (χ4v) is 4.02. The highest BCUT2D eigenvalue weighted by molar-refractivity contribution is 5.92. The molecule has 0 unspecified atom stereocenters. The number of amides is 1. The van der Waals surface area contributed by atoms with E-state index in [0.29, 0.717) is 24.0 Å². The van der Waals surface area contributed by atoms with Crippen molar-refractivity contribution in [3.8, 4) is 5.69 Å². The van der Waals surface area contributed by atoms with Crippen molar-refractivity contribution >= 4 is 17.4 Å². The van der Waals surface area contributed by atoms with Gasteiger partial charge >= 0.3 is 0 Å². The first-order valence-corrected chi connectivity index (χ1v) is 10.5. The molecular formula is C23H26FN5O. The van der Waals surface area contributed by atoms with Crippen LogP contribution in [-0.2, 0) is 4.79 Å². The summed E-state index contributed by atoms with van der Waals surface area (Å²) in [5.41, 5.74) is 1.83. The van der Waals surface area contributed by atoms with Crippen LogP contribution in [0.1, 0.15) is 39.0 Å². The number of nitrogens with one attached hydrogen (secondary N) is 1. The molecule has 0 aliphatic heterocycles. The Morgan fingerprint density at radius 1 is 1.10 bits per heavy atom. The van der Waals surface area contributed by atoms with Crippen molar-refractivity contribution in [2.45, 2.75) is 51.1 Å². The van der Waals surface area contributed by atoms with E-state index in [-0.39, 0.29) is 17.8 Å². The molecule has 1 saturated carbocycles. The topological polar surface area (TPSA) is 63.1 Å². The van der Waals surface area contributed by atoms with Crippen molar-refractivity contribution < 1.29 is 9.18 Å². The van der Waals surface area contributed by atoms with Crippen LogP contribution in [-0.4, -0.2) is 33.0 Å². The van der Waals surface area contributed by atoms with Gasteiger partial charge in [-0.15, -0.1) is 5.10 Å². The number of aromatic nitrogens is 3. The molecule has 1 amide bonds. The van der Waals surface area contributed by atoms with Gasteiger partial charge < -0.3 is 5.32 Å². The Kier molecular flexibility index (Phi) is 6.07. The molecule has 3 aromatic rings. The highest BCUT2D eigenvalue weighted by Crippen LogP contribution is 2.29. The Hall–Kier alpha value is -3.22. The Morgan fingerprint density at radius 3 is 2.47 bits per heavy atom. The quantitative estimate of drug-likeness (QED) is 0.650. The molecule has 2 aromatic carbocycles. The molecule has 1 heterocycles. The average Bonchev–Trinajstić information content (AvgIpc) is 3.26.